The van der Waals surface area contributed by atoms with E-state index >= 15 is 0 Å². The van der Waals surface area contributed by atoms with Gasteiger partial charge in [0.15, 0.2) is 0 Å². The number of pyridine rings is 1. The Bertz CT molecular complexity index is 1220. The highest BCUT2D eigenvalue weighted by molar-refractivity contribution is 5.80. The van der Waals surface area contributed by atoms with Gasteiger partial charge in [-0.05, 0) is 46.4 Å². The molecule has 5 rings (SSSR count). The molecule has 4 aromatic rings. The second kappa shape index (κ2) is 8.81. The summed E-state index contributed by atoms with van der Waals surface area (Å²) >= 11 is 0. The van der Waals surface area contributed by atoms with Gasteiger partial charge in [0, 0.05) is 24.1 Å². The first-order valence-electron chi connectivity index (χ1n) is 10.8. The molecule has 0 radical (unpaired) electrons. The lowest BCUT2D eigenvalue weighted by atomic mass is 9.98. The molecule has 5 heteroatoms. The maximum Gasteiger partial charge on any atom is 0.407 e. The van der Waals surface area contributed by atoms with Crippen LogP contribution in [0.5, 0.6) is 0 Å². The molecule has 0 unspecified atom stereocenters. The van der Waals surface area contributed by atoms with E-state index in [0.29, 0.717) is 6.42 Å². The third-order valence-electron chi connectivity index (χ3n) is 6.07. The standard InChI is InChI=1S/C27H24N2O3/c30-14-13-26(19-15-18-7-1-6-12-25(18)28-16-19)29-27(31)32-17-24-22-10-4-2-8-20(22)21-9-3-5-11-23(21)24/h1-12,15-16,24,26,30H,13-14,17H2,(H,29,31)/t26-/m0/s1. The predicted octanol–water partition coefficient (Wildman–Crippen LogP) is 5.20. The fourth-order valence-electron chi connectivity index (χ4n) is 4.51. The van der Waals surface area contributed by atoms with Crippen LogP contribution in [0.2, 0.25) is 0 Å². The quantitative estimate of drug-likeness (QED) is 0.446. The minimum Gasteiger partial charge on any atom is -0.449 e. The number of rotatable bonds is 6. The number of ether oxygens (including phenoxy) is 1. The number of aliphatic hydroxyl groups is 1. The summed E-state index contributed by atoms with van der Waals surface area (Å²) in [5.41, 5.74) is 6.46. The summed E-state index contributed by atoms with van der Waals surface area (Å²) < 4.78 is 5.67. The number of fused-ring (bicyclic) bond motifs is 4. The van der Waals surface area contributed by atoms with Crippen molar-refractivity contribution in [3.05, 3.63) is 102 Å². The van der Waals surface area contributed by atoms with Crippen molar-refractivity contribution in [3.63, 3.8) is 0 Å². The zero-order valence-electron chi connectivity index (χ0n) is 17.6. The van der Waals surface area contributed by atoms with Gasteiger partial charge in [-0.2, -0.15) is 0 Å². The first-order valence-corrected chi connectivity index (χ1v) is 10.8. The molecule has 2 N–H and O–H groups in total. The van der Waals surface area contributed by atoms with Crippen LogP contribution in [0.3, 0.4) is 0 Å². The van der Waals surface area contributed by atoms with Crippen molar-refractivity contribution in [2.45, 2.75) is 18.4 Å². The van der Waals surface area contributed by atoms with E-state index in [9.17, 15) is 9.90 Å². The highest BCUT2D eigenvalue weighted by atomic mass is 16.5. The van der Waals surface area contributed by atoms with Gasteiger partial charge in [0.1, 0.15) is 6.61 Å². The van der Waals surface area contributed by atoms with Crippen LogP contribution in [0, 0.1) is 0 Å². The molecule has 160 valence electrons. The third-order valence-corrected chi connectivity index (χ3v) is 6.07. The Morgan fingerprint density at radius 2 is 1.62 bits per heavy atom. The molecule has 1 heterocycles. The number of para-hydroxylation sites is 1. The summed E-state index contributed by atoms with van der Waals surface area (Å²) in [6, 6.07) is 25.9. The van der Waals surface area contributed by atoms with Crippen LogP contribution in [-0.2, 0) is 4.74 Å². The van der Waals surface area contributed by atoms with Gasteiger partial charge in [0.2, 0.25) is 0 Å². The summed E-state index contributed by atoms with van der Waals surface area (Å²) in [6.07, 6.45) is 1.62. The number of aliphatic hydroxyl groups excluding tert-OH is 1. The second-order valence-corrected chi connectivity index (χ2v) is 8.00. The summed E-state index contributed by atoms with van der Waals surface area (Å²) in [4.78, 5) is 17.2. The van der Waals surface area contributed by atoms with Gasteiger partial charge in [-0.15, -0.1) is 0 Å². The molecule has 0 aliphatic heterocycles. The van der Waals surface area contributed by atoms with E-state index in [2.05, 4.69) is 34.6 Å². The van der Waals surface area contributed by atoms with Gasteiger partial charge in [-0.25, -0.2) is 4.79 Å². The van der Waals surface area contributed by atoms with Crippen molar-refractivity contribution in [1.29, 1.82) is 0 Å². The first-order chi connectivity index (χ1) is 15.7. The van der Waals surface area contributed by atoms with Gasteiger partial charge in [-0.3, -0.25) is 4.98 Å². The van der Waals surface area contributed by atoms with E-state index in [-0.39, 0.29) is 25.2 Å². The lowest BCUT2D eigenvalue weighted by molar-refractivity contribution is 0.136. The van der Waals surface area contributed by atoms with Gasteiger partial charge in [0.25, 0.3) is 0 Å². The topological polar surface area (TPSA) is 71.5 Å². The Labute approximate surface area is 186 Å². The lowest BCUT2D eigenvalue weighted by Crippen LogP contribution is -2.31. The number of carbonyl (C=O) groups is 1. The van der Waals surface area contributed by atoms with E-state index in [0.717, 1.165) is 16.5 Å². The number of alkyl carbamates (subject to hydrolysis) is 1. The molecular formula is C27H24N2O3. The predicted molar refractivity (Wildman–Crippen MR) is 124 cm³/mol. The molecule has 0 spiro atoms. The fourth-order valence-corrected chi connectivity index (χ4v) is 4.51. The Morgan fingerprint density at radius 3 is 2.34 bits per heavy atom. The molecular weight excluding hydrogens is 400 g/mol. The van der Waals surface area contributed by atoms with Crippen LogP contribution >= 0.6 is 0 Å². The third kappa shape index (κ3) is 3.83. The number of amides is 1. The molecule has 0 saturated carbocycles. The second-order valence-electron chi connectivity index (χ2n) is 8.00. The summed E-state index contributed by atoms with van der Waals surface area (Å²) in [5.74, 6) is 0.00628. The molecule has 1 aliphatic carbocycles. The van der Waals surface area contributed by atoms with E-state index in [1.165, 1.54) is 22.3 Å². The van der Waals surface area contributed by atoms with Gasteiger partial charge >= 0.3 is 6.09 Å². The van der Waals surface area contributed by atoms with Crippen molar-refractivity contribution in [2.24, 2.45) is 0 Å². The zero-order chi connectivity index (χ0) is 21.9. The van der Waals surface area contributed by atoms with E-state index in [1.807, 2.05) is 54.6 Å². The molecule has 1 aliphatic rings. The largest absolute Gasteiger partial charge is 0.449 e. The Balaban J connectivity index is 1.31. The number of nitrogens with one attached hydrogen (secondary N) is 1. The molecule has 1 amide bonds. The zero-order valence-corrected chi connectivity index (χ0v) is 17.6. The minimum atomic E-state index is -0.501. The average Bonchev–Trinajstić information content (AvgIpc) is 3.16. The number of aromatic nitrogens is 1. The molecule has 0 bridgehead atoms. The SMILES string of the molecule is O=C(N[C@@H](CCO)c1cnc2ccccc2c1)OCC1c2ccccc2-c2ccccc21. The van der Waals surface area contributed by atoms with Crippen molar-refractivity contribution < 1.29 is 14.6 Å². The van der Waals surface area contributed by atoms with Crippen molar-refractivity contribution in [1.82, 2.24) is 10.3 Å². The van der Waals surface area contributed by atoms with Gasteiger partial charge < -0.3 is 15.2 Å². The summed E-state index contributed by atoms with van der Waals surface area (Å²) in [7, 11) is 0. The molecule has 0 saturated heterocycles. The number of carbonyl (C=O) groups excluding carboxylic acids is 1. The van der Waals surface area contributed by atoms with Crippen LogP contribution in [-0.4, -0.2) is 29.4 Å². The van der Waals surface area contributed by atoms with Crippen LogP contribution in [0.4, 0.5) is 4.79 Å². The monoisotopic (exact) mass is 424 g/mol. The molecule has 1 aromatic heterocycles. The van der Waals surface area contributed by atoms with Crippen molar-refractivity contribution in [2.75, 3.05) is 13.2 Å². The van der Waals surface area contributed by atoms with E-state index in [4.69, 9.17) is 4.74 Å². The van der Waals surface area contributed by atoms with Crippen LogP contribution in [0.15, 0.2) is 85.1 Å². The van der Waals surface area contributed by atoms with Gasteiger partial charge in [0.05, 0.1) is 11.6 Å². The molecule has 0 fully saturated rings. The van der Waals surface area contributed by atoms with Crippen molar-refractivity contribution >= 4 is 17.0 Å². The maximum absolute atomic E-state index is 12.7. The summed E-state index contributed by atoms with van der Waals surface area (Å²) in [5, 5.41) is 13.4. The number of hydrogen-bond acceptors (Lipinski definition) is 4. The first kappa shape index (κ1) is 20.2. The molecule has 1 atom stereocenters. The Kier molecular flexibility index (Phi) is 5.57. The fraction of sp³-hybridized carbons (Fsp3) is 0.185. The highest BCUT2D eigenvalue weighted by Crippen LogP contribution is 2.44. The molecule has 5 nitrogen and oxygen atoms in total. The van der Waals surface area contributed by atoms with Crippen LogP contribution < -0.4 is 5.32 Å². The molecule has 3 aromatic carbocycles. The van der Waals surface area contributed by atoms with E-state index in [1.54, 1.807) is 6.20 Å². The number of benzene rings is 3. The smallest absolute Gasteiger partial charge is 0.407 e. The summed E-state index contributed by atoms with van der Waals surface area (Å²) in [6.45, 7) is 0.197. The van der Waals surface area contributed by atoms with Crippen LogP contribution in [0.25, 0.3) is 22.0 Å². The van der Waals surface area contributed by atoms with E-state index < -0.39 is 6.09 Å². The number of nitrogens with zero attached hydrogens (tertiary/aromatic N) is 1. The van der Waals surface area contributed by atoms with Crippen LogP contribution in [0.1, 0.15) is 35.1 Å². The lowest BCUT2D eigenvalue weighted by Gasteiger charge is -2.20. The maximum atomic E-state index is 12.7. The number of hydrogen-bond donors (Lipinski definition) is 2. The Hall–Kier alpha value is -3.70. The Morgan fingerprint density at radius 1 is 0.969 bits per heavy atom. The average molecular weight is 425 g/mol. The minimum absolute atomic E-state index is 0.00628. The normalized spacial score (nSPS) is 13.4. The van der Waals surface area contributed by atoms with Gasteiger partial charge in [-0.1, -0.05) is 66.7 Å². The molecule has 32 heavy (non-hydrogen) atoms. The van der Waals surface area contributed by atoms with Crippen molar-refractivity contribution in [3.8, 4) is 11.1 Å². The highest BCUT2D eigenvalue weighted by Gasteiger charge is 2.29.